The average Bonchev–Trinajstić information content (AvgIpc) is 2.25. The zero-order valence-corrected chi connectivity index (χ0v) is 11.8. The van der Waals surface area contributed by atoms with Crippen LogP contribution in [0.1, 0.15) is 13.8 Å². The number of carbonyl (C=O) groups is 2. The maximum Gasteiger partial charge on any atom is 0.312 e. The molecular formula is C12H16BrN3O2. The number of hydrogen-bond acceptors (Lipinski definition) is 2. The third kappa shape index (κ3) is 4.37. The summed E-state index contributed by atoms with van der Waals surface area (Å²) in [4.78, 5) is 22.9. The van der Waals surface area contributed by atoms with Crippen LogP contribution in [0.3, 0.4) is 0 Å². The zero-order chi connectivity index (χ0) is 13.7. The van der Waals surface area contributed by atoms with Crippen molar-refractivity contribution in [2.45, 2.75) is 19.9 Å². The summed E-state index contributed by atoms with van der Waals surface area (Å²) in [5.74, 6) is -0.341. The number of carbonyl (C=O) groups excluding carboxylic acids is 2. The van der Waals surface area contributed by atoms with Gasteiger partial charge in [-0.15, -0.1) is 0 Å². The van der Waals surface area contributed by atoms with Crippen molar-refractivity contribution in [1.82, 2.24) is 5.32 Å². The van der Waals surface area contributed by atoms with Crippen molar-refractivity contribution in [3.63, 3.8) is 0 Å². The van der Waals surface area contributed by atoms with Crippen LogP contribution in [0.15, 0.2) is 28.7 Å². The van der Waals surface area contributed by atoms with E-state index < -0.39 is 12.1 Å². The summed E-state index contributed by atoms with van der Waals surface area (Å²) in [6, 6.07) is 5.85. The van der Waals surface area contributed by atoms with E-state index in [0.29, 0.717) is 5.69 Å². The van der Waals surface area contributed by atoms with Crippen LogP contribution >= 0.6 is 15.9 Å². The van der Waals surface area contributed by atoms with E-state index >= 15 is 0 Å². The first-order chi connectivity index (χ1) is 8.40. The van der Waals surface area contributed by atoms with E-state index in [0.717, 1.165) is 4.47 Å². The number of benzene rings is 1. The summed E-state index contributed by atoms with van der Waals surface area (Å²) in [7, 11) is 0. The van der Waals surface area contributed by atoms with Crippen LogP contribution < -0.4 is 16.4 Å². The maximum atomic E-state index is 12.0. The topological polar surface area (TPSA) is 84.2 Å². The Kier molecular flexibility index (Phi) is 5.15. The summed E-state index contributed by atoms with van der Waals surface area (Å²) in [5, 5.41) is 5.16. The number of halogens is 1. The molecule has 0 aliphatic heterocycles. The van der Waals surface area contributed by atoms with Crippen molar-refractivity contribution in [1.29, 1.82) is 0 Å². The van der Waals surface area contributed by atoms with Crippen LogP contribution in [0.5, 0.6) is 0 Å². The Labute approximate surface area is 114 Å². The minimum absolute atomic E-state index is 0.0512. The molecule has 0 bridgehead atoms. The molecule has 1 rings (SSSR count). The molecule has 0 heterocycles. The van der Waals surface area contributed by atoms with E-state index in [9.17, 15) is 9.59 Å². The highest BCUT2D eigenvalue weighted by Crippen LogP contribution is 2.16. The number of rotatable bonds is 4. The first-order valence-corrected chi connectivity index (χ1v) is 6.32. The molecule has 4 N–H and O–H groups in total. The highest BCUT2D eigenvalue weighted by Gasteiger charge is 2.23. The summed E-state index contributed by atoms with van der Waals surface area (Å²) in [6.45, 7) is 3.67. The van der Waals surface area contributed by atoms with Gasteiger partial charge in [-0.3, -0.25) is 4.79 Å². The minimum Gasteiger partial charge on any atom is -0.352 e. The van der Waals surface area contributed by atoms with Crippen LogP contribution in [0.2, 0.25) is 0 Å². The molecule has 3 amide bonds. The average molecular weight is 314 g/mol. The quantitative estimate of drug-likeness (QED) is 0.795. The van der Waals surface area contributed by atoms with Gasteiger partial charge in [0.15, 0.2) is 0 Å². The Balaban J connectivity index is 2.75. The van der Waals surface area contributed by atoms with E-state index in [1.54, 1.807) is 12.1 Å². The zero-order valence-electron chi connectivity index (χ0n) is 10.2. The van der Waals surface area contributed by atoms with Gasteiger partial charge < -0.3 is 16.4 Å². The molecule has 1 aromatic rings. The molecule has 0 aromatic heterocycles. The maximum absolute atomic E-state index is 12.0. The number of nitrogens with two attached hydrogens (primary N) is 1. The van der Waals surface area contributed by atoms with E-state index in [2.05, 4.69) is 26.6 Å². The summed E-state index contributed by atoms with van der Waals surface area (Å²) in [6.07, 6.45) is 0. The molecule has 1 atom stereocenters. The Morgan fingerprint density at radius 2 is 2.00 bits per heavy atom. The van der Waals surface area contributed by atoms with Crippen molar-refractivity contribution >= 4 is 33.6 Å². The van der Waals surface area contributed by atoms with Gasteiger partial charge in [0.2, 0.25) is 5.91 Å². The van der Waals surface area contributed by atoms with Crippen LogP contribution in [-0.4, -0.2) is 18.0 Å². The lowest BCUT2D eigenvalue weighted by Gasteiger charge is -2.20. The van der Waals surface area contributed by atoms with Gasteiger partial charge in [-0.25, -0.2) is 4.79 Å². The van der Waals surface area contributed by atoms with Gasteiger partial charge in [0, 0.05) is 10.2 Å². The summed E-state index contributed by atoms with van der Waals surface area (Å²) >= 11 is 3.32. The largest absolute Gasteiger partial charge is 0.352 e. The monoisotopic (exact) mass is 313 g/mol. The number of anilines is 1. The second kappa shape index (κ2) is 6.39. The molecule has 98 valence electrons. The highest BCUT2D eigenvalue weighted by atomic mass is 79.9. The Morgan fingerprint density at radius 3 is 2.50 bits per heavy atom. The van der Waals surface area contributed by atoms with Crippen molar-refractivity contribution in [2.75, 3.05) is 5.32 Å². The van der Waals surface area contributed by atoms with Crippen LogP contribution in [-0.2, 0) is 4.79 Å². The predicted molar refractivity (Wildman–Crippen MR) is 74.1 cm³/mol. The normalized spacial score (nSPS) is 12.0. The molecule has 0 aliphatic carbocycles. The lowest BCUT2D eigenvalue weighted by atomic mass is 10.0. The first kappa shape index (κ1) is 14.5. The summed E-state index contributed by atoms with van der Waals surface area (Å²) in [5.41, 5.74) is 5.71. The van der Waals surface area contributed by atoms with Crippen LogP contribution in [0, 0.1) is 5.92 Å². The molecule has 0 spiro atoms. The molecular weight excluding hydrogens is 298 g/mol. The lowest BCUT2D eigenvalue weighted by Crippen LogP contribution is -2.49. The van der Waals surface area contributed by atoms with Crippen molar-refractivity contribution in [2.24, 2.45) is 11.7 Å². The Hall–Kier alpha value is -1.56. The number of amides is 3. The molecule has 5 nitrogen and oxygen atoms in total. The number of primary amides is 1. The van der Waals surface area contributed by atoms with Gasteiger partial charge in [-0.2, -0.15) is 0 Å². The summed E-state index contributed by atoms with van der Waals surface area (Å²) < 4.78 is 0.865. The highest BCUT2D eigenvalue weighted by molar-refractivity contribution is 9.10. The molecule has 6 heteroatoms. The Bertz CT molecular complexity index is 449. The van der Waals surface area contributed by atoms with Gasteiger partial charge in [0.1, 0.15) is 6.04 Å². The third-order valence-electron chi connectivity index (χ3n) is 2.34. The predicted octanol–water partition coefficient (Wildman–Crippen LogP) is 2.08. The van der Waals surface area contributed by atoms with Gasteiger partial charge in [0.05, 0.1) is 0 Å². The van der Waals surface area contributed by atoms with Gasteiger partial charge in [-0.1, -0.05) is 35.8 Å². The molecule has 0 radical (unpaired) electrons. The number of hydrogen-bond donors (Lipinski definition) is 3. The van der Waals surface area contributed by atoms with Gasteiger partial charge >= 0.3 is 6.03 Å². The van der Waals surface area contributed by atoms with Gasteiger partial charge in [-0.05, 0) is 24.1 Å². The molecule has 1 aromatic carbocycles. The van der Waals surface area contributed by atoms with E-state index in [-0.39, 0.29) is 11.8 Å². The van der Waals surface area contributed by atoms with Crippen molar-refractivity contribution in [3.05, 3.63) is 28.7 Å². The van der Waals surface area contributed by atoms with Crippen LogP contribution in [0.4, 0.5) is 10.5 Å². The van der Waals surface area contributed by atoms with E-state index in [1.807, 2.05) is 26.0 Å². The molecule has 1 unspecified atom stereocenters. The molecule has 0 fully saturated rings. The smallest absolute Gasteiger partial charge is 0.312 e. The third-order valence-corrected chi connectivity index (χ3v) is 2.83. The van der Waals surface area contributed by atoms with Crippen LogP contribution in [0.25, 0.3) is 0 Å². The SMILES string of the molecule is CC(C)C(NC(N)=O)C(=O)Nc1cccc(Br)c1. The second-order valence-corrected chi connectivity index (χ2v) is 5.15. The van der Waals surface area contributed by atoms with Crippen molar-refractivity contribution in [3.8, 4) is 0 Å². The molecule has 0 saturated carbocycles. The number of urea groups is 1. The fourth-order valence-electron chi connectivity index (χ4n) is 1.47. The minimum atomic E-state index is -0.710. The lowest BCUT2D eigenvalue weighted by molar-refractivity contribution is -0.118. The molecule has 0 saturated heterocycles. The Morgan fingerprint density at radius 1 is 1.33 bits per heavy atom. The van der Waals surface area contributed by atoms with E-state index in [1.165, 1.54) is 0 Å². The standard InChI is InChI=1S/C12H16BrN3O2/c1-7(2)10(16-12(14)18)11(17)15-9-5-3-4-8(13)6-9/h3-7,10H,1-2H3,(H,15,17)(H3,14,16,18). The van der Waals surface area contributed by atoms with Gasteiger partial charge in [0.25, 0.3) is 0 Å². The first-order valence-electron chi connectivity index (χ1n) is 5.52. The van der Waals surface area contributed by atoms with Crippen molar-refractivity contribution < 1.29 is 9.59 Å². The van der Waals surface area contributed by atoms with E-state index in [4.69, 9.17) is 5.73 Å². The molecule has 18 heavy (non-hydrogen) atoms. The fourth-order valence-corrected chi connectivity index (χ4v) is 1.87. The number of nitrogens with one attached hydrogen (secondary N) is 2. The molecule has 0 aliphatic rings. The fraction of sp³-hybridized carbons (Fsp3) is 0.333. The second-order valence-electron chi connectivity index (χ2n) is 4.23.